The monoisotopic (exact) mass is 603 g/mol. The average Bonchev–Trinajstić information content (AvgIpc) is 2.93. The Hall–Kier alpha value is -2.82. The lowest BCUT2D eigenvalue weighted by Gasteiger charge is -2.43. The quantitative estimate of drug-likeness (QED) is 0.471. The van der Waals surface area contributed by atoms with Crippen LogP contribution in [0.5, 0.6) is 5.75 Å². The lowest BCUT2D eigenvalue weighted by molar-refractivity contribution is -0.129. The number of fused-ring (bicyclic) bond motifs is 3. The maximum absolute atomic E-state index is 13.1. The number of nitrogens with zero attached hydrogens (tertiary/aromatic N) is 2. The van der Waals surface area contributed by atoms with E-state index in [4.69, 9.17) is 16.3 Å². The zero-order valence-corrected chi connectivity index (χ0v) is 24.9. The first-order chi connectivity index (χ1) is 19.6. The molecule has 2 aromatic carbocycles. The molecule has 2 N–H and O–H groups in total. The molecule has 11 heteroatoms. The molecule has 0 unspecified atom stereocenters. The van der Waals surface area contributed by atoms with Gasteiger partial charge in [-0.25, -0.2) is 13.1 Å². The van der Waals surface area contributed by atoms with Crippen LogP contribution in [-0.4, -0.2) is 68.3 Å². The van der Waals surface area contributed by atoms with Crippen LogP contribution in [0.15, 0.2) is 36.4 Å². The van der Waals surface area contributed by atoms with Gasteiger partial charge < -0.3 is 19.6 Å². The number of sulfonamides is 1. The number of nitrogens with one attached hydrogen (secondary N) is 1. The SMILES string of the molecule is CC(=O)N1CC[C@@H](O)[C@@H]2CC[C@H]2CN2CCCCc3cc(Cl)ccc3COc3ccc(cc32)C(=O)NS(=O)(=O)CC1. The summed E-state index contributed by atoms with van der Waals surface area (Å²) in [6.07, 6.45) is 4.36. The highest BCUT2D eigenvalue weighted by molar-refractivity contribution is 7.90. The van der Waals surface area contributed by atoms with Crippen molar-refractivity contribution in [3.8, 4) is 5.75 Å². The summed E-state index contributed by atoms with van der Waals surface area (Å²) in [4.78, 5) is 29.0. The number of carbonyl (C=O) groups is 2. The van der Waals surface area contributed by atoms with Gasteiger partial charge in [0.25, 0.3) is 5.91 Å². The third-order valence-corrected chi connectivity index (χ3v) is 10.1. The van der Waals surface area contributed by atoms with Crippen LogP contribution in [-0.2, 0) is 27.8 Å². The number of benzene rings is 2. The topological polar surface area (TPSA) is 116 Å². The number of aliphatic hydroxyl groups is 1. The van der Waals surface area contributed by atoms with E-state index in [0.717, 1.165) is 48.9 Å². The number of hydrogen-bond acceptors (Lipinski definition) is 7. The first-order valence-electron chi connectivity index (χ1n) is 14.4. The molecule has 2 aliphatic heterocycles. The Morgan fingerprint density at radius 2 is 1.88 bits per heavy atom. The Labute approximate surface area is 246 Å². The summed E-state index contributed by atoms with van der Waals surface area (Å²) >= 11 is 6.28. The predicted molar refractivity (Wildman–Crippen MR) is 158 cm³/mol. The van der Waals surface area contributed by atoms with Crippen LogP contribution in [0.3, 0.4) is 0 Å². The number of aryl methyl sites for hydroxylation is 1. The van der Waals surface area contributed by atoms with Crippen LogP contribution in [0.1, 0.15) is 60.5 Å². The minimum atomic E-state index is -4.01. The molecule has 1 fully saturated rings. The number of carbonyl (C=O) groups excluding carboxylic acids is 2. The van der Waals surface area contributed by atoms with E-state index >= 15 is 0 Å². The Balaban J connectivity index is 1.50. The van der Waals surface area contributed by atoms with Gasteiger partial charge in [-0.3, -0.25) is 9.59 Å². The Morgan fingerprint density at radius 1 is 1.05 bits per heavy atom. The fourth-order valence-corrected chi connectivity index (χ4v) is 7.26. The fraction of sp³-hybridized carbons (Fsp3) is 0.533. The van der Waals surface area contributed by atoms with Crippen LogP contribution < -0.4 is 14.4 Å². The summed E-state index contributed by atoms with van der Waals surface area (Å²) in [6, 6.07) is 10.8. The van der Waals surface area contributed by atoms with Crippen LogP contribution in [0.4, 0.5) is 5.69 Å². The Kier molecular flexibility index (Phi) is 9.11. The molecule has 1 aliphatic carbocycles. The molecule has 2 heterocycles. The average molecular weight is 604 g/mol. The highest BCUT2D eigenvalue weighted by Crippen LogP contribution is 2.41. The van der Waals surface area contributed by atoms with Crippen LogP contribution in [0.25, 0.3) is 0 Å². The van der Waals surface area contributed by atoms with Gasteiger partial charge in [-0.1, -0.05) is 17.7 Å². The van der Waals surface area contributed by atoms with E-state index in [2.05, 4.69) is 9.62 Å². The number of aliphatic hydroxyl groups excluding tert-OH is 1. The van der Waals surface area contributed by atoms with Gasteiger partial charge >= 0.3 is 0 Å². The molecule has 0 saturated heterocycles. The first kappa shape index (κ1) is 29.7. The Bertz CT molecular complexity index is 1400. The molecule has 0 radical (unpaired) electrons. The van der Waals surface area contributed by atoms with Gasteiger partial charge in [-0.05, 0) is 91.8 Å². The maximum Gasteiger partial charge on any atom is 0.264 e. The summed E-state index contributed by atoms with van der Waals surface area (Å²) in [7, 11) is -4.01. The van der Waals surface area contributed by atoms with Gasteiger partial charge in [0, 0.05) is 43.7 Å². The third kappa shape index (κ3) is 7.16. The molecule has 2 aromatic rings. The van der Waals surface area contributed by atoms with Crippen molar-refractivity contribution in [3.05, 3.63) is 58.1 Å². The van der Waals surface area contributed by atoms with E-state index in [1.54, 1.807) is 18.2 Å². The number of ether oxygens (including phenoxy) is 1. The number of hydrogen-bond donors (Lipinski definition) is 2. The van der Waals surface area contributed by atoms with Crippen molar-refractivity contribution in [1.29, 1.82) is 0 Å². The van der Waals surface area contributed by atoms with Crippen LogP contribution in [0.2, 0.25) is 5.02 Å². The van der Waals surface area contributed by atoms with Crippen molar-refractivity contribution in [2.45, 2.75) is 58.2 Å². The van der Waals surface area contributed by atoms with E-state index in [9.17, 15) is 23.1 Å². The van der Waals surface area contributed by atoms with Gasteiger partial charge in [0.05, 0.1) is 17.5 Å². The maximum atomic E-state index is 13.1. The molecule has 41 heavy (non-hydrogen) atoms. The molecule has 2 amide bonds. The summed E-state index contributed by atoms with van der Waals surface area (Å²) in [5.41, 5.74) is 3.16. The second-order valence-electron chi connectivity index (χ2n) is 11.4. The van der Waals surface area contributed by atoms with E-state index in [0.29, 0.717) is 36.9 Å². The summed E-state index contributed by atoms with van der Waals surface area (Å²) < 4.78 is 34.1. The zero-order chi connectivity index (χ0) is 29.1. The summed E-state index contributed by atoms with van der Waals surface area (Å²) in [5.74, 6) is -0.457. The lowest BCUT2D eigenvalue weighted by atomic mass is 9.69. The molecule has 9 nitrogen and oxygen atoms in total. The zero-order valence-electron chi connectivity index (χ0n) is 23.4. The summed E-state index contributed by atoms with van der Waals surface area (Å²) in [5, 5.41) is 11.8. The molecule has 2 bridgehead atoms. The molecule has 1 saturated carbocycles. The molecule has 5 rings (SSSR count). The van der Waals surface area contributed by atoms with E-state index in [1.165, 1.54) is 11.8 Å². The Morgan fingerprint density at radius 3 is 2.63 bits per heavy atom. The molecule has 0 aromatic heterocycles. The molecule has 3 aliphatic rings. The second-order valence-corrected chi connectivity index (χ2v) is 13.7. The minimum Gasteiger partial charge on any atom is -0.487 e. The number of rotatable bonds is 0. The standard InChI is InChI=1S/C30H38ClN3O6S/c1-20(35)33-13-11-28(36)26-9-6-23(26)18-34-12-3-2-4-21-16-25(31)8-5-24(21)19-40-29-10-7-22(17-27(29)34)30(37)32-41(38,39)15-14-33/h5,7-8,10,16-17,23,26,28,36H,2-4,6,9,11-15,18-19H2,1H3,(H,32,37)/t23-,26+,28+/m0/s1. The lowest BCUT2D eigenvalue weighted by Crippen LogP contribution is -2.45. The van der Waals surface area contributed by atoms with Crippen molar-refractivity contribution in [3.63, 3.8) is 0 Å². The van der Waals surface area contributed by atoms with Crippen molar-refractivity contribution < 1.29 is 27.9 Å². The van der Waals surface area contributed by atoms with E-state index in [-0.39, 0.29) is 36.4 Å². The third-order valence-electron chi connectivity index (χ3n) is 8.68. The molecule has 0 spiro atoms. The number of amides is 2. The largest absolute Gasteiger partial charge is 0.487 e. The van der Waals surface area contributed by atoms with Crippen molar-refractivity contribution in [1.82, 2.24) is 9.62 Å². The van der Waals surface area contributed by atoms with Gasteiger partial charge in [0.15, 0.2) is 0 Å². The first-order valence-corrected chi connectivity index (χ1v) is 16.4. The van der Waals surface area contributed by atoms with Gasteiger partial charge in [-0.15, -0.1) is 0 Å². The van der Waals surface area contributed by atoms with E-state index in [1.807, 2.05) is 18.2 Å². The summed E-state index contributed by atoms with van der Waals surface area (Å²) in [6.45, 7) is 3.31. The van der Waals surface area contributed by atoms with Gasteiger partial charge in [-0.2, -0.15) is 0 Å². The molecule has 3 atom stereocenters. The van der Waals surface area contributed by atoms with Crippen LogP contribution >= 0.6 is 11.6 Å². The van der Waals surface area contributed by atoms with Gasteiger partial charge in [0.2, 0.25) is 15.9 Å². The number of halogens is 1. The number of anilines is 1. The van der Waals surface area contributed by atoms with Crippen LogP contribution in [0, 0.1) is 11.8 Å². The van der Waals surface area contributed by atoms with Crippen molar-refractivity contribution in [2.24, 2.45) is 11.8 Å². The normalized spacial score (nSPS) is 25.3. The van der Waals surface area contributed by atoms with Crippen molar-refractivity contribution >= 4 is 39.1 Å². The minimum absolute atomic E-state index is 0.0583. The molecular weight excluding hydrogens is 566 g/mol. The van der Waals surface area contributed by atoms with Crippen molar-refractivity contribution in [2.75, 3.05) is 36.8 Å². The highest BCUT2D eigenvalue weighted by atomic mass is 35.5. The highest BCUT2D eigenvalue weighted by Gasteiger charge is 2.38. The van der Waals surface area contributed by atoms with E-state index < -0.39 is 27.8 Å². The smallest absolute Gasteiger partial charge is 0.264 e. The predicted octanol–water partition coefficient (Wildman–Crippen LogP) is 3.76. The molecular formula is C30H38ClN3O6S. The fourth-order valence-electron chi connectivity index (χ4n) is 6.10. The van der Waals surface area contributed by atoms with Gasteiger partial charge in [0.1, 0.15) is 12.4 Å². The second kappa shape index (κ2) is 12.6. The molecule has 222 valence electrons.